The Morgan fingerprint density at radius 1 is 0.970 bits per heavy atom. The van der Waals surface area contributed by atoms with E-state index in [4.69, 9.17) is 14.2 Å². The number of ketones is 1. The number of nitrogens with zero attached hydrogens (tertiary/aromatic N) is 3. The van der Waals surface area contributed by atoms with Crippen molar-refractivity contribution in [2.75, 3.05) is 20.8 Å². The second-order valence-corrected chi connectivity index (χ2v) is 6.93. The van der Waals surface area contributed by atoms with Gasteiger partial charge in [-0.05, 0) is 48.5 Å². The molecule has 0 radical (unpaired) electrons. The van der Waals surface area contributed by atoms with Gasteiger partial charge in [-0.15, -0.1) is 0 Å². The van der Waals surface area contributed by atoms with Crippen molar-refractivity contribution in [1.82, 2.24) is 14.3 Å². The highest BCUT2D eigenvalue weighted by molar-refractivity contribution is 6.02. The van der Waals surface area contributed by atoms with Gasteiger partial charge in [0, 0.05) is 18.5 Å². The number of carbonyl (C=O) groups excluding carboxylic acids is 2. The maximum Gasteiger partial charge on any atom is 0.344 e. The molecule has 0 N–H and O–H groups in total. The first-order valence-electron chi connectivity index (χ1n) is 9.91. The second-order valence-electron chi connectivity index (χ2n) is 6.93. The van der Waals surface area contributed by atoms with Gasteiger partial charge in [0.2, 0.25) is 5.78 Å². The predicted octanol–water partition coefficient (Wildman–Crippen LogP) is 3.86. The molecule has 4 rings (SSSR count). The lowest BCUT2D eigenvalue weighted by molar-refractivity contribution is 0.0474. The number of carbonyl (C=O) groups is 2. The van der Waals surface area contributed by atoms with Crippen molar-refractivity contribution in [3.63, 3.8) is 0 Å². The molecule has 8 nitrogen and oxygen atoms in total. The van der Waals surface area contributed by atoms with Crippen LogP contribution in [0.1, 0.15) is 20.7 Å². The second kappa shape index (κ2) is 9.39. The predicted molar refractivity (Wildman–Crippen MR) is 117 cm³/mol. The Hall–Kier alpha value is -4.40. The van der Waals surface area contributed by atoms with E-state index in [1.807, 2.05) is 0 Å². The van der Waals surface area contributed by atoms with Gasteiger partial charge in [0.05, 0.1) is 31.7 Å². The number of methoxy groups -OCH3 is 2. The highest BCUT2D eigenvalue weighted by Gasteiger charge is 2.23. The molecule has 0 saturated carbocycles. The first-order chi connectivity index (χ1) is 16.0. The summed E-state index contributed by atoms with van der Waals surface area (Å²) < 4.78 is 32.2. The largest absolute Gasteiger partial charge is 0.497 e. The summed E-state index contributed by atoms with van der Waals surface area (Å²) in [5.41, 5.74) is 0.960. The maximum atomic E-state index is 13.4. The normalized spacial score (nSPS) is 10.6. The number of halogens is 1. The molecule has 2 aromatic carbocycles. The Morgan fingerprint density at radius 3 is 2.36 bits per heavy atom. The zero-order chi connectivity index (χ0) is 23.4. The Morgan fingerprint density at radius 2 is 1.70 bits per heavy atom. The third kappa shape index (κ3) is 4.47. The molecule has 0 spiro atoms. The fraction of sp³-hybridized carbons (Fsp3) is 0.125. The highest BCUT2D eigenvalue weighted by Crippen LogP contribution is 2.25. The Bertz CT molecular complexity index is 1280. The van der Waals surface area contributed by atoms with Crippen LogP contribution in [0.4, 0.5) is 4.39 Å². The van der Waals surface area contributed by atoms with Crippen LogP contribution in [-0.2, 0) is 4.74 Å². The van der Waals surface area contributed by atoms with Crippen LogP contribution in [-0.4, -0.2) is 46.9 Å². The van der Waals surface area contributed by atoms with Gasteiger partial charge in [0.15, 0.2) is 12.4 Å². The summed E-state index contributed by atoms with van der Waals surface area (Å²) in [6, 6.07) is 14.0. The van der Waals surface area contributed by atoms with Gasteiger partial charge in [-0.25, -0.2) is 13.9 Å². The lowest BCUT2D eigenvalue weighted by Gasteiger charge is -2.12. The Labute approximate surface area is 188 Å². The van der Waals surface area contributed by atoms with Gasteiger partial charge in [0.25, 0.3) is 0 Å². The summed E-state index contributed by atoms with van der Waals surface area (Å²) in [5, 5.41) is 4.28. The SMILES string of the molecule is COc1ccc(C(=O)COC(=O)c2cnn(-c3ccc(F)cc3)c2-n2cccc2)c(OC)c1. The molecule has 0 amide bonds. The third-order valence-corrected chi connectivity index (χ3v) is 4.93. The number of hydrogen-bond donors (Lipinski definition) is 0. The molecule has 0 saturated heterocycles. The lowest BCUT2D eigenvalue weighted by atomic mass is 10.1. The average molecular weight is 449 g/mol. The molecule has 33 heavy (non-hydrogen) atoms. The van der Waals surface area contributed by atoms with Crippen LogP contribution < -0.4 is 9.47 Å². The van der Waals surface area contributed by atoms with E-state index < -0.39 is 18.4 Å². The molecule has 168 valence electrons. The van der Waals surface area contributed by atoms with E-state index in [2.05, 4.69) is 5.10 Å². The van der Waals surface area contributed by atoms with Gasteiger partial charge in [-0.2, -0.15) is 5.10 Å². The Kier molecular flexibility index (Phi) is 6.21. The molecule has 0 aliphatic carbocycles. The van der Waals surface area contributed by atoms with Crippen LogP contribution in [0.2, 0.25) is 0 Å². The van der Waals surface area contributed by atoms with Crippen molar-refractivity contribution in [1.29, 1.82) is 0 Å². The van der Waals surface area contributed by atoms with Crippen molar-refractivity contribution in [3.05, 3.63) is 90.1 Å². The fourth-order valence-corrected chi connectivity index (χ4v) is 3.30. The quantitative estimate of drug-likeness (QED) is 0.300. The molecule has 4 aromatic rings. The molecule has 0 aliphatic heterocycles. The molecule has 0 unspecified atom stereocenters. The van der Waals surface area contributed by atoms with Crippen molar-refractivity contribution >= 4 is 11.8 Å². The van der Waals surface area contributed by atoms with E-state index in [-0.39, 0.29) is 16.9 Å². The van der Waals surface area contributed by atoms with Gasteiger partial charge < -0.3 is 18.8 Å². The van der Waals surface area contributed by atoms with Crippen LogP contribution >= 0.6 is 0 Å². The summed E-state index contributed by atoms with van der Waals surface area (Å²) in [7, 11) is 2.94. The molecule has 0 aliphatic rings. The van der Waals surface area contributed by atoms with E-state index in [1.165, 1.54) is 37.2 Å². The monoisotopic (exact) mass is 449 g/mol. The van der Waals surface area contributed by atoms with E-state index in [0.717, 1.165) is 0 Å². The summed E-state index contributed by atoms with van der Waals surface area (Å²) in [5.74, 6) is -0.312. The van der Waals surface area contributed by atoms with Crippen molar-refractivity contribution in [2.45, 2.75) is 0 Å². The molecular weight excluding hydrogens is 429 g/mol. The van der Waals surface area contributed by atoms with Gasteiger partial charge >= 0.3 is 5.97 Å². The van der Waals surface area contributed by atoms with Crippen molar-refractivity contribution < 1.29 is 28.2 Å². The number of hydrogen-bond acceptors (Lipinski definition) is 6. The molecule has 2 aromatic heterocycles. The van der Waals surface area contributed by atoms with Gasteiger partial charge in [-0.3, -0.25) is 4.79 Å². The lowest BCUT2D eigenvalue weighted by Crippen LogP contribution is -2.16. The van der Waals surface area contributed by atoms with Gasteiger partial charge in [0.1, 0.15) is 22.9 Å². The molecule has 2 heterocycles. The van der Waals surface area contributed by atoms with Crippen LogP contribution in [0.5, 0.6) is 11.5 Å². The molecule has 0 fully saturated rings. The van der Waals surface area contributed by atoms with E-state index in [1.54, 1.807) is 59.4 Å². The zero-order valence-electron chi connectivity index (χ0n) is 17.9. The smallest absolute Gasteiger partial charge is 0.344 e. The zero-order valence-corrected chi connectivity index (χ0v) is 17.9. The third-order valence-electron chi connectivity index (χ3n) is 4.93. The number of Topliss-reactive ketones (excluding diaryl/α,β-unsaturated/α-hetero) is 1. The first kappa shape index (κ1) is 21.8. The number of ether oxygens (including phenoxy) is 3. The first-order valence-corrected chi connectivity index (χ1v) is 9.91. The fourth-order valence-electron chi connectivity index (χ4n) is 3.30. The summed E-state index contributed by atoms with van der Waals surface area (Å²) >= 11 is 0. The van der Waals surface area contributed by atoms with E-state index >= 15 is 0 Å². The topological polar surface area (TPSA) is 84.6 Å². The van der Waals surface area contributed by atoms with Crippen molar-refractivity contribution in [3.8, 4) is 23.0 Å². The minimum absolute atomic E-state index is 0.144. The van der Waals surface area contributed by atoms with Gasteiger partial charge in [-0.1, -0.05) is 0 Å². The maximum absolute atomic E-state index is 13.4. The summed E-state index contributed by atoms with van der Waals surface area (Å²) in [4.78, 5) is 25.6. The van der Waals surface area contributed by atoms with Crippen LogP contribution in [0.15, 0.2) is 73.2 Å². The molecule has 0 atom stereocenters. The number of esters is 1. The summed E-state index contributed by atoms with van der Waals surface area (Å²) in [6.07, 6.45) is 4.82. The number of aromatic nitrogens is 3. The average Bonchev–Trinajstić information content (AvgIpc) is 3.52. The minimum atomic E-state index is -0.729. The standard InChI is InChI=1S/C24H20FN3O5/c1-31-18-9-10-19(22(13-18)32-2)21(29)15-33-24(30)20-14-26-28(17-7-5-16(25)6-8-17)23(20)27-11-3-4-12-27/h3-14H,15H2,1-2H3. The van der Waals surface area contributed by atoms with Crippen LogP contribution in [0.3, 0.4) is 0 Å². The van der Waals surface area contributed by atoms with Crippen LogP contribution in [0.25, 0.3) is 11.5 Å². The number of benzene rings is 2. The van der Waals surface area contributed by atoms with E-state index in [0.29, 0.717) is 23.0 Å². The molecular formula is C24H20FN3O5. The molecule has 0 bridgehead atoms. The van der Waals surface area contributed by atoms with E-state index in [9.17, 15) is 14.0 Å². The highest BCUT2D eigenvalue weighted by atomic mass is 19.1. The summed E-state index contributed by atoms with van der Waals surface area (Å²) in [6.45, 7) is -0.492. The Balaban J connectivity index is 1.59. The van der Waals surface area contributed by atoms with Crippen molar-refractivity contribution in [2.24, 2.45) is 0 Å². The van der Waals surface area contributed by atoms with Crippen LogP contribution in [0, 0.1) is 5.82 Å². The minimum Gasteiger partial charge on any atom is -0.497 e. The molecule has 9 heteroatoms. The number of rotatable bonds is 8.